The molecule has 2 aromatic carbocycles. The van der Waals surface area contributed by atoms with Gasteiger partial charge in [-0.05, 0) is 55.3 Å². The van der Waals surface area contributed by atoms with Crippen LogP contribution in [-0.4, -0.2) is 43.5 Å². The largest absolute Gasteiger partial charge is 0.494 e. The Labute approximate surface area is 185 Å². The summed E-state index contributed by atoms with van der Waals surface area (Å²) in [4.78, 5) is 21.2. The number of carbonyl (C=O) groups excluding carboxylic acids is 1. The third-order valence-corrected chi connectivity index (χ3v) is 7.33. The number of fused-ring (bicyclic) bond motifs is 1. The third kappa shape index (κ3) is 4.48. The van der Waals surface area contributed by atoms with Gasteiger partial charge in [-0.25, -0.2) is 4.98 Å². The van der Waals surface area contributed by atoms with Gasteiger partial charge in [-0.3, -0.25) is 9.69 Å². The smallest absolute Gasteiger partial charge is 0.233 e. The van der Waals surface area contributed by atoms with E-state index in [4.69, 9.17) is 14.5 Å². The van der Waals surface area contributed by atoms with Crippen molar-refractivity contribution in [2.45, 2.75) is 37.2 Å². The van der Waals surface area contributed by atoms with E-state index < -0.39 is 0 Å². The summed E-state index contributed by atoms with van der Waals surface area (Å²) < 4.78 is 12.4. The number of thioether (sulfide) groups is 1. The van der Waals surface area contributed by atoms with E-state index in [1.165, 1.54) is 4.90 Å². The number of hydrogen-bond donors (Lipinski definition) is 0. The Balaban J connectivity index is 1.65. The zero-order valence-corrected chi connectivity index (χ0v) is 19.1. The Bertz CT molecular complexity index is 1030. The highest BCUT2D eigenvalue weighted by Crippen LogP contribution is 2.37. The first-order valence-corrected chi connectivity index (χ1v) is 12.1. The Kier molecular flexibility index (Phi) is 6.61. The molecule has 0 radical (unpaired) electrons. The van der Waals surface area contributed by atoms with Gasteiger partial charge in [-0.15, -0.1) is 11.8 Å². The van der Waals surface area contributed by atoms with Crippen LogP contribution in [0.15, 0.2) is 41.3 Å². The predicted molar refractivity (Wildman–Crippen MR) is 124 cm³/mol. The Morgan fingerprint density at radius 3 is 2.77 bits per heavy atom. The van der Waals surface area contributed by atoms with Crippen LogP contribution in [0.1, 0.15) is 24.0 Å². The summed E-state index contributed by atoms with van der Waals surface area (Å²) in [6.07, 6.45) is 4.46. The molecular weight excluding hydrogens is 416 g/mol. The molecule has 7 heteroatoms. The number of anilines is 1. The second kappa shape index (κ2) is 9.37. The van der Waals surface area contributed by atoms with Crippen molar-refractivity contribution in [2.75, 3.05) is 31.4 Å². The maximum atomic E-state index is 13.4. The number of nitrogens with zero attached hydrogens (tertiary/aromatic N) is 2. The molecule has 4 rings (SSSR count). The van der Waals surface area contributed by atoms with Crippen molar-refractivity contribution in [1.29, 1.82) is 0 Å². The van der Waals surface area contributed by atoms with Gasteiger partial charge in [-0.1, -0.05) is 29.5 Å². The highest BCUT2D eigenvalue weighted by molar-refractivity contribution is 7.98. The average Bonchev–Trinajstić information content (AvgIpc) is 3.43. The normalized spacial score (nSPS) is 16.2. The number of methoxy groups -OCH3 is 1. The molecule has 0 N–H and O–H groups in total. The Morgan fingerprint density at radius 1 is 1.30 bits per heavy atom. The molecule has 0 saturated carbocycles. The average molecular weight is 443 g/mol. The molecule has 1 atom stereocenters. The number of carbonyl (C=O) groups is 1. The van der Waals surface area contributed by atoms with Crippen LogP contribution in [0.2, 0.25) is 0 Å². The van der Waals surface area contributed by atoms with Crippen LogP contribution in [0.25, 0.3) is 10.2 Å². The standard InChI is InChI=1S/C23H26N2O3S2/c1-15-6-11-19(27-2)21-22(15)30-23(24-21)25(14-17-5-4-12-28-17)20(26)13-16-7-9-18(29-3)10-8-16/h6-11,17H,4-5,12-14H2,1-3H3. The summed E-state index contributed by atoms with van der Waals surface area (Å²) in [6.45, 7) is 3.35. The molecule has 2 heterocycles. The minimum absolute atomic E-state index is 0.0399. The van der Waals surface area contributed by atoms with E-state index in [-0.39, 0.29) is 12.0 Å². The number of amides is 1. The maximum absolute atomic E-state index is 13.4. The first-order chi connectivity index (χ1) is 14.6. The monoisotopic (exact) mass is 442 g/mol. The quantitative estimate of drug-likeness (QED) is 0.477. The molecule has 158 valence electrons. The number of hydrogen-bond acceptors (Lipinski definition) is 6. The first-order valence-electron chi connectivity index (χ1n) is 10.1. The van der Waals surface area contributed by atoms with Crippen molar-refractivity contribution in [2.24, 2.45) is 0 Å². The summed E-state index contributed by atoms with van der Waals surface area (Å²) in [6, 6.07) is 12.1. The number of ether oxygens (including phenoxy) is 2. The van der Waals surface area contributed by atoms with Gasteiger partial charge in [0.15, 0.2) is 5.13 Å². The molecule has 1 saturated heterocycles. The molecule has 1 fully saturated rings. The number of aromatic nitrogens is 1. The second-order valence-electron chi connectivity index (χ2n) is 7.42. The van der Waals surface area contributed by atoms with E-state index in [1.807, 2.05) is 35.4 Å². The lowest BCUT2D eigenvalue weighted by atomic mass is 10.1. The summed E-state index contributed by atoms with van der Waals surface area (Å²) in [7, 11) is 1.65. The van der Waals surface area contributed by atoms with Crippen LogP contribution in [0.4, 0.5) is 5.13 Å². The van der Waals surface area contributed by atoms with Gasteiger partial charge in [0.25, 0.3) is 0 Å². The lowest BCUT2D eigenvalue weighted by Crippen LogP contribution is -2.38. The second-order valence-corrected chi connectivity index (χ2v) is 9.28. The molecule has 1 amide bonds. The van der Waals surface area contributed by atoms with Crippen molar-refractivity contribution in [3.05, 3.63) is 47.5 Å². The number of rotatable bonds is 7. The van der Waals surface area contributed by atoms with Gasteiger partial charge in [0, 0.05) is 11.5 Å². The van der Waals surface area contributed by atoms with E-state index in [2.05, 4.69) is 19.1 Å². The lowest BCUT2D eigenvalue weighted by molar-refractivity contribution is -0.118. The minimum Gasteiger partial charge on any atom is -0.494 e. The molecular formula is C23H26N2O3S2. The van der Waals surface area contributed by atoms with Crippen molar-refractivity contribution < 1.29 is 14.3 Å². The highest BCUT2D eigenvalue weighted by atomic mass is 32.2. The number of aryl methyl sites for hydroxylation is 1. The van der Waals surface area contributed by atoms with E-state index in [0.717, 1.165) is 46.5 Å². The van der Waals surface area contributed by atoms with Gasteiger partial charge in [0.05, 0.1) is 30.9 Å². The first kappa shape index (κ1) is 21.2. The SMILES string of the molecule is COc1ccc(C)c2sc(N(CC3CCCO3)C(=O)Cc3ccc(SC)cc3)nc12. The molecule has 1 aliphatic rings. The molecule has 5 nitrogen and oxygen atoms in total. The van der Waals surface area contributed by atoms with Gasteiger partial charge in [-0.2, -0.15) is 0 Å². The van der Waals surface area contributed by atoms with Crippen LogP contribution in [-0.2, 0) is 16.0 Å². The van der Waals surface area contributed by atoms with Crippen molar-refractivity contribution in [3.63, 3.8) is 0 Å². The predicted octanol–water partition coefficient (Wildman–Crippen LogP) is 5.09. The molecule has 3 aromatic rings. The van der Waals surface area contributed by atoms with Crippen molar-refractivity contribution >= 4 is 44.4 Å². The lowest BCUT2D eigenvalue weighted by Gasteiger charge is -2.23. The fourth-order valence-electron chi connectivity index (χ4n) is 3.67. The van der Waals surface area contributed by atoms with Crippen molar-refractivity contribution in [1.82, 2.24) is 4.98 Å². The van der Waals surface area contributed by atoms with Crippen LogP contribution in [0, 0.1) is 6.92 Å². The Morgan fingerprint density at radius 2 is 2.10 bits per heavy atom. The topological polar surface area (TPSA) is 51.7 Å². The molecule has 0 spiro atoms. The molecule has 30 heavy (non-hydrogen) atoms. The van der Waals surface area contributed by atoms with E-state index in [9.17, 15) is 4.79 Å². The fourth-order valence-corrected chi connectivity index (χ4v) is 5.16. The summed E-state index contributed by atoms with van der Waals surface area (Å²) >= 11 is 3.24. The van der Waals surface area contributed by atoms with Crippen molar-refractivity contribution in [3.8, 4) is 5.75 Å². The summed E-state index contributed by atoms with van der Waals surface area (Å²) in [5, 5.41) is 0.707. The molecule has 1 aromatic heterocycles. The van der Waals surface area contributed by atoms with Gasteiger partial charge >= 0.3 is 0 Å². The summed E-state index contributed by atoms with van der Waals surface area (Å²) in [5.41, 5.74) is 2.95. The van der Waals surface area contributed by atoms with Gasteiger partial charge < -0.3 is 9.47 Å². The molecule has 0 bridgehead atoms. The molecule has 1 aliphatic heterocycles. The summed E-state index contributed by atoms with van der Waals surface area (Å²) in [5.74, 6) is 0.772. The fraction of sp³-hybridized carbons (Fsp3) is 0.391. The minimum atomic E-state index is 0.0399. The third-order valence-electron chi connectivity index (χ3n) is 5.37. The van der Waals surface area contributed by atoms with E-state index in [1.54, 1.807) is 30.2 Å². The Hall–Kier alpha value is -2.09. The molecule has 1 unspecified atom stereocenters. The van der Waals surface area contributed by atoms with Crippen LogP contribution >= 0.6 is 23.1 Å². The van der Waals surface area contributed by atoms with Gasteiger partial charge in [0.2, 0.25) is 5.91 Å². The highest BCUT2D eigenvalue weighted by Gasteiger charge is 2.27. The van der Waals surface area contributed by atoms with Crippen LogP contribution < -0.4 is 9.64 Å². The van der Waals surface area contributed by atoms with Crippen LogP contribution in [0.3, 0.4) is 0 Å². The zero-order chi connectivity index (χ0) is 21.1. The number of benzene rings is 2. The van der Waals surface area contributed by atoms with E-state index in [0.29, 0.717) is 18.1 Å². The van der Waals surface area contributed by atoms with Crippen LogP contribution in [0.5, 0.6) is 5.75 Å². The van der Waals surface area contributed by atoms with Gasteiger partial charge in [0.1, 0.15) is 11.3 Å². The number of thiazole rings is 1. The zero-order valence-electron chi connectivity index (χ0n) is 17.5. The maximum Gasteiger partial charge on any atom is 0.233 e. The van der Waals surface area contributed by atoms with E-state index >= 15 is 0 Å². The molecule has 0 aliphatic carbocycles.